The van der Waals surface area contributed by atoms with E-state index in [-0.39, 0.29) is 17.2 Å². The van der Waals surface area contributed by atoms with Gasteiger partial charge in [-0.25, -0.2) is 0 Å². The Morgan fingerprint density at radius 1 is 1.14 bits per heavy atom. The van der Waals surface area contributed by atoms with E-state index in [1.165, 1.54) is 24.3 Å². The van der Waals surface area contributed by atoms with Crippen molar-refractivity contribution in [3.63, 3.8) is 0 Å². The largest absolute Gasteiger partial charge is 0.456 e. The van der Waals surface area contributed by atoms with Crippen LogP contribution >= 0.6 is 11.6 Å². The Hall–Kier alpha value is -2.28. The molecule has 0 N–H and O–H groups in total. The first-order valence-electron chi connectivity index (χ1n) is 5.57. The molecule has 0 aliphatic carbocycles. The van der Waals surface area contributed by atoms with Crippen LogP contribution in [0.4, 0.5) is 18.9 Å². The van der Waals surface area contributed by atoms with Gasteiger partial charge in [-0.1, -0.05) is 23.7 Å². The lowest BCUT2D eigenvalue weighted by Crippen LogP contribution is -2.06. The zero-order valence-electron chi connectivity index (χ0n) is 10.2. The van der Waals surface area contributed by atoms with Gasteiger partial charge in [0.2, 0.25) is 0 Å². The van der Waals surface area contributed by atoms with Crippen LogP contribution in [0.3, 0.4) is 0 Å². The standard InChI is InChI=1S/C13H7ClF3NO3/c14-12-10(13(15,16)17)5-2-6-11(12)21-9-4-1-3-8(7-9)18(19)20/h1-7H. The fourth-order valence-electron chi connectivity index (χ4n) is 1.60. The maximum atomic E-state index is 12.7. The summed E-state index contributed by atoms with van der Waals surface area (Å²) in [5.41, 5.74) is -1.28. The molecule has 21 heavy (non-hydrogen) atoms. The fourth-order valence-corrected chi connectivity index (χ4v) is 1.87. The number of ether oxygens (including phenoxy) is 1. The number of alkyl halides is 3. The molecule has 2 aromatic carbocycles. The molecule has 0 unspecified atom stereocenters. The third-order valence-corrected chi connectivity index (χ3v) is 2.91. The summed E-state index contributed by atoms with van der Waals surface area (Å²) in [6.45, 7) is 0. The monoisotopic (exact) mass is 317 g/mol. The Bertz CT molecular complexity index is 689. The maximum absolute atomic E-state index is 12.7. The summed E-state index contributed by atoms with van der Waals surface area (Å²) in [5.74, 6) is -0.211. The quantitative estimate of drug-likeness (QED) is 0.587. The summed E-state index contributed by atoms with van der Waals surface area (Å²) in [6, 6.07) is 8.27. The number of non-ortho nitro benzene ring substituents is 1. The fraction of sp³-hybridized carbons (Fsp3) is 0.0769. The van der Waals surface area contributed by atoms with Crippen molar-refractivity contribution in [1.82, 2.24) is 0 Å². The minimum absolute atomic E-state index is 0.0189. The highest BCUT2D eigenvalue weighted by atomic mass is 35.5. The smallest absolute Gasteiger partial charge is 0.417 e. The summed E-state index contributed by atoms with van der Waals surface area (Å²) in [4.78, 5) is 9.99. The summed E-state index contributed by atoms with van der Waals surface area (Å²) < 4.78 is 43.3. The van der Waals surface area contributed by atoms with E-state index in [2.05, 4.69) is 0 Å². The van der Waals surface area contributed by atoms with Crippen LogP contribution in [0.25, 0.3) is 0 Å². The summed E-state index contributed by atoms with van der Waals surface area (Å²) in [6.07, 6.45) is -4.61. The number of nitrogens with zero attached hydrogens (tertiary/aromatic N) is 1. The second-order valence-corrected chi connectivity index (χ2v) is 4.35. The Morgan fingerprint density at radius 3 is 2.43 bits per heavy atom. The van der Waals surface area contributed by atoms with Crippen LogP contribution in [0.2, 0.25) is 5.02 Å². The number of halogens is 4. The number of nitro groups is 1. The van der Waals surface area contributed by atoms with E-state index in [0.717, 1.165) is 18.2 Å². The molecule has 0 aromatic heterocycles. The van der Waals surface area contributed by atoms with Crippen LogP contribution < -0.4 is 4.74 Å². The molecule has 0 spiro atoms. The lowest BCUT2D eigenvalue weighted by Gasteiger charge is -2.12. The van der Waals surface area contributed by atoms with Gasteiger partial charge in [-0.15, -0.1) is 0 Å². The molecule has 0 bridgehead atoms. The van der Waals surface area contributed by atoms with Crippen LogP contribution in [0, 0.1) is 10.1 Å². The van der Waals surface area contributed by atoms with Crippen molar-refractivity contribution in [2.24, 2.45) is 0 Å². The van der Waals surface area contributed by atoms with Gasteiger partial charge < -0.3 is 4.74 Å². The van der Waals surface area contributed by atoms with E-state index in [4.69, 9.17) is 16.3 Å². The van der Waals surface area contributed by atoms with Gasteiger partial charge in [-0.2, -0.15) is 13.2 Å². The molecule has 4 nitrogen and oxygen atoms in total. The molecule has 0 fully saturated rings. The SMILES string of the molecule is O=[N+]([O-])c1cccc(Oc2cccc(C(F)(F)F)c2Cl)c1. The lowest BCUT2D eigenvalue weighted by atomic mass is 10.2. The van der Waals surface area contributed by atoms with Gasteiger partial charge in [0.05, 0.1) is 21.6 Å². The number of nitro benzene ring substituents is 1. The summed E-state index contributed by atoms with van der Waals surface area (Å²) in [7, 11) is 0. The number of benzene rings is 2. The zero-order valence-corrected chi connectivity index (χ0v) is 11.0. The molecular weight excluding hydrogens is 311 g/mol. The second kappa shape index (κ2) is 5.61. The van der Waals surface area contributed by atoms with E-state index < -0.39 is 21.7 Å². The van der Waals surface area contributed by atoms with E-state index in [0.29, 0.717) is 0 Å². The molecule has 0 atom stereocenters. The predicted molar refractivity (Wildman–Crippen MR) is 69.6 cm³/mol. The van der Waals surface area contributed by atoms with Crippen LogP contribution in [0.1, 0.15) is 5.56 Å². The van der Waals surface area contributed by atoms with Gasteiger partial charge in [0.25, 0.3) is 5.69 Å². The van der Waals surface area contributed by atoms with E-state index in [1.54, 1.807) is 0 Å². The second-order valence-electron chi connectivity index (χ2n) is 3.97. The molecule has 8 heteroatoms. The molecule has 2 rings (SSSR count). The highest BCUT2D eigenvalue weighted by molar-refractivity contribution is 6.32. The topological polar surface area (TPSA) is 52.4 Å². The number of rotatable bonds is 3. The lowest BCUT2D eigenvalue weighted by molar-refractivity contribution is -0.384. The van der Waals surface area contributed by atoms with E-state index in [9.17, 15) is 23.3 Å². The third-order valence-electron chi connectivity index (χ3n) is 2.52. The molecular formula is C13H7ClF3NO3. The minimum atomic E-state index is -4.61. The van der Waals surface area contributed by atoms with Crippen molar-refractivity contribution in [2.45, 2.75) is 6.18 Å². The minimum Gasteiger partial charge on any atom is -0.456 e. The van der Waals surface area contributed by atoms with Gasteiger partial charge in [0.15, 0.2) is 0 Å². The van der Waals surface area contributed by atoms with Crippen molar-refractivity contribution in [2.75, 3.05) is 0 Å². The summed E-state index contributed by atoms with van der Waals surface area (Å²) >= 11 is 5.67. The first kappa shape index (κ1) is 15.1. The van der Waals surface area contributed by atoms with Crippen LogP contribution in [0.15, 0.2) is 42.5 Å². The highest BCUT2D eigenvalue weighted by Gasteiger charge is 2.34. The van der Waals surface area contributed by atoms with Crippen molar-refractivity contribution >= 4 is 17.3 Å². The Labute approximate surface area is 121 Å². The Balaban J connectivity index is 2.36. The molecule has 0 saturated heterocycles. The van der Waals surface area contributed by atoms with Crippen molar-refractivity contribution in [3.8, 4) is 11.5 Å². The zero-order chi connectivity index (χ0) is 15.6. The Kier molecular flexibility index (Phi) is 4.04. The molecule has 0 aliphatic rings. The van der Waals surface area contributed by atoms with Gasteiger partial charge in [-0.3, -0.25) is 10.1 Å². The molecule has 0 heterocycles. The van der Waals surface area contributed by atoms with Crippen molar-refractivity contribution in [3.05, 3.63) is 63.2 Å². The highest BCUT2D eigenvalue weighted by Crippen LogP contribution is 2.40. The molecule has 0 saturated carbocycles. The molecule has 2 aromatic rings. The number of hydrogen-bond donors (Lipinski definition) is 0. The molecule has 0 radical (unpaired) electrons. The molecule has 0 aliphatic heterocycles. The van der Waals surface area contributed by atoms with Crippen LogP contribution in [-0.2, 0) is 6.18 Å². The first-order chi connectivity index (χ1) is 9.79. The average molecular weight is 318 g/mol. The predicted octanol–water partition coefficient (Wildman–Crippen LogP) is 5.06. The van der Waals surface area contributed by atoms with Crippen molar-refractivity contribution < 1.29 is 22.8 Å². The first-order valence-corrected chi connectivity index (χ1v) is 5.95. The molecule has 110 valence electrons. The van der Waals surface area contributed by atoms with Gasteiger partial charge in [0.1, 0.15) is 11.5 Å². The average Bonchev–Trinajstić information content (AvgIpc) is 2.40. The third kappa shape index (κ3) is 3.43. The van der Waals surface area contributed by atoms with Gasteiger partial charge >= 0.3 is 6.18 Å². The van der Waals surface area contributed by atoms with Crippen molar-refractivity contribution in [1.29, 1.82) is 0 Å². The van der Waals surface area contributed by atoms with Gasteiger partial charge in [0, 0.05) is 6.07 Å². The van der Waals surface area contributed by atoms with Crippen LogP contribution in [-0.4, -0.2) is 4.92 Å². The summed E-state index contributed by atoms with van der Waals surface area (Å²) in [5, 5.41) is 10.0. The van der Waals surface area contributed by atoms with Crippen LogP contribution in [0.5, 0.6) is 11.5 Å². The normalized spacial score (nSPS) is 11.2. The maximum Gasteiger partial charge on any atom is 0.417 e. The Morgan fingerprint density at radius 2 is 1.81 bits per heavy atom. The molecule has 0 amide bonds. The van der Waals surface area contributed by atoms with Gasteiger partial charge in [-0.05, 0) is 18.2 Å². The van der Waals surface area contributed by atoms with E-state index in [1.807, 2.05) is 0 Å². The van der Waals surface area contributed by atoms with E-state index >= 15 is 0 Å². The number of hydrogen-bond acceptors (Lipinski definition) is 3.